The lowest BCUT2D eigenvalue weighted by Gasteiger charge is -1.88. The van der Waals surface area contributed by atoms with Gasteiger partial charge in [-0.2, -0.15) is 15.0 Å². The molecule has 0 fully saturated rings. The standard InChI is InChI=1S/C8H6BrN3O2/c1-12-10-3-6(11-12)8(13)5-2-7(9)14-4-5/h2-4H,1H3. The van der Waals surface area contributed by atoms with E-state index < -0.39 is 0 Å². The predicted octanol–water partition coefficient (Wildman–Crippen LogP) is 1.40. The van der Waals surface area contributed by atoms with E-state index in [4.69, 9.17) is 4.42 Å². The van der Waals surface area contributed by atoms with Crippen LogP contribution in [0.4, 0.5) is 0 Å². The van der Waals surface area contributed by atoms with Gasteiger partial charge in [0.2, 0.25) is 5.78 Å². The van der Waals surface area contributed by atoms with Crippen LogP contribution in [0, 0.1) is 0 Å². The van der Waals surface area contributed by atoms with Gasteiger partial charge in [0.25, 0.3) is 0 Å². The number of carbonyl (C=O) groups excluding carboxylic acids is 1. The first kappa shape index (κ1) is 9.14. The molecule has 2 aromatic heterocycles. The molecule has 0 radical (unpaired) electrons. The van der Waals surface area contributed by atoms with Crippen molar-refractivity contribution < 1.29 is 9.21 Å². The molecule has 0 aromatic carbocycles. The van der Waals surface area contributed by atoms with Crippen molar-refractivity contribution in [3.05, 3.63) is 34.5 Å². The predicted molar refractivity (Wildman–Crippen MR) is 50.8 cm³/mol. The summed E-state index contributed by atoms with van der Waals surface area (Å²) in [5, 5.41) is 7.71. The molecule has 5 nitrogen and oxygen atoms in total. The van der Waals surface area contributed by atoms with Crippen LogP contribution in [0.15, 0.2) is 27.6 Å². The van der Waals surface area contributed by atoms with Crippen molar-refractivity contribution in [1.82, 2.24) is 15.0 Å². The molecule has 2 heterocycles. The SMILES string of the molecule is Cn1ncc(C(=O)c2coc(Br)c2)n1. The number of aromatic nitrogens is 3. The van der Waals surface area contributed by atoms with Gasteiger partial charge < -0.3 is 4.42 Å². The molecule has 0 aliphatic carbocycles. The van der Waals surface area contributed by atoms with E-state index in [0.717, 1.165) is 0 Å². The van der Waals surface area contributed by atoms with Crippen LogP contribution in [-0.4, -0.2) is 20.8 Å². The smallest absolute Gasteiger partial charge is 0.218 e. The maximum atomic E-state index is 11.7. The number of halogens is 1. The Balaban J connectivity index is 2.33. The van der Waals surface area contributed by atoms with Crippen molar-refractivity contribution in [3.63, 3.8) is 0 Å². The monoisotopic (exact) mass is 255 g/mol. The van der Waals surface area contributed by atoms with Crippen LogP contribution in [0.3, 0.4) is 0 Å². The van der Waals surface area contributed by atoms with Crippen molar-refractivity contribution >= 4 is 21.7 Å². The molecule has 72 valence electrons. The first-order valence-corrected chi connectivity index (χ1v) is 4.61. The van der Waals surface area contributed by atoms with Crippen molar-refractivity contribution in [3.8, 4) is 0 Å². The third-order valence-corrected chi connectivity index (χ3v) is 2.08. The molecular formula is C8H6BrN3O2. The van der Waals surface area contributed by atoms with Crippen molar-refractivity contribution in [2.45, 2.75) is 0 Å². The number of aryl methyl sites for hydroxylation is 1. The molecule has 0 bridgehead atoms. The van der Waals surface area contributed by atoms with Crippen LogP contribution in [0.25, 0.3) is 0 Å². The van der Waals surface area contributed by atoms with Gasteiger partial charge in [0.15, 0.2) is 10.4 Å². The summed E-state index contributed by atoms with van der Waals surface area (Å²) in [4.78, 5) is 13.0. The van der Waals surface area contributed by atoms with Gasteiger partial charge in [-0.3, -0.25) is 4.79 Å². The lowest BCUT2D eigenvalue weighted by Crippen LogP contribution is -2.01. The minimum Gasteiger partial charge on any atom is -0.457 e. The highest BCUT2D eigenvalue weighted by molar-refractivity contribution is 9.10. The number of nitrogens with zero attached hydrogens (tertiary/aromatic N) is 3. The molecule has 0 amide bonds. The molecule has 0 spiro atoms. The Labute approximate surface area is 87.8 Å². The second-order valence-electron chi connectivity index (χ2n) is 2.69. The van der Waals surface area contributed by atoms with E-state index in [-0.39, 0.29) is 5.78 Å². The molecule has 0 atom stereocenters. The minimum atomic E-state index is -0.201. The number of carbonyl (C=O) groups is 1. The van der Waals surface area contributed by atoms with Crippen LogP contribution in [0.5, 0.6) is 0 Å². The molecular weight excluding hydrogens is 250 g/mol. The van der Waals surface area contributed by atoms with Gasteiger partial charge in [0.1, 0.15) is 6.26 Å². The molecule has 2 rings (SSSR count). The number of hydrogen-bond donors (Lipinski definition) is 0. The summed E-state index contributed by atoms with van der Waals surface area (Å²) in [7, 11) is 1.65. The summed E-state index contributed by atoms with van der Waals surface area (Å²) in [5.74, 6) is -0.201. The molecule has 0 aliphatic heterocycles. The zero-order valence-electron chi connectivity index (χ0n) is 7.27. The minimum absolute atomic E-state index is 0.201. The number of furan rings is 1. The summed E-state index contributed by atoms with van der Waals surface area (Å²) in [6, 6.07) is 1.59. The Morgan fingerprint density at radius 2 is 2.43 bits per heavy atom. The molecule has 0 aliphatic rings. The van der Waals surface area contributed by atoms with Gasteiger partial charge >= 0.3 is 0 Å². The van der Waals surface area contributed by atoms with Crippen molar-refractivity contribution in [2.75, 3.05) is 0 Å². The Morgan fingerprint density at radius 1 is 1.64 bits per heavy atom. The van der Waals surface area contributed by atoms with Crippen molar-refractivity contribution in [2.24, 2.45) is 7.05 Å². The van der Waals surface area contributed by atoms with Crippen LogP contribution < -0.4 is 0 Å². The first-order chi connectivity index (χ1) is 6.66. The van der Waals surface area contributed by atoms with E-state index in [1.165, 1.54) is 17.3 Å². The fourth-order valence-electron chi connectivity index (χ4n) is 1.03. The van der Waals surface area contributed by atoms with E-state index in [1.807, 2.05) is 0 Å². The van der Waals surface area contributed by atoms with Gasteiger partial charge in [-0.1, -0.05) is 0 Å². The highest BCUT2D eigenvalue weighted by atomic mass is 79.9. The molecule has 6 heteroatoms. The summed E-state index contributed by atoms with van der Waals surface area (Å²) >= 11 is 3.12. The van der Waals surface area contributed by atoms with Gasteiger partial charge in [0.05, 0.1) is 11.8 Å². The molecule has 0 N–H and O–H groups in total. The van der Waals surface area contributed by atoms with Gasteiger partial charge in [-0.15, -0.1) is 0 Å². The van der Waals surface area contributed by atoms with E-state index in [2.05, 4.69) is 26.1 Å². The zero-order valence-corrected chi connectivity index (χ0v) is 8.85. The van der Waals surface area contributed by atoms with Crippen LogP contribution in [-0.2, 0) is 7.05 Å². The summed E-state index contributed by atoms with van der Waals surface area (Å²) < 4.78 is 5.47. The van der Waals surface area contributed by atoms with Gasteiger partial charge in [0, 0.05) is 13.1 Å². The van der Waals surface area contributed by atoms with E-state index in [9.17, 15) is 4.79 Å². The fraction of sp³-hybridized carbons (Fsp3) is 0.125. The lowest BCUT2D eigenvalue weighted by atomic mass is 10.2. The van der Waals surface area contributed by atoms with Crippen LogP contribution >= 0.6 is 15.9 Å². The number of rotatable bonds is 2. The summed E-state index contributed by atoms with van der Waals surface area (Å²) in [6.45, 7) is 0. The van der Waals surface area contributed by atoms with Gasteiger partial charge in [-0.05, 0) is 15.9 Å². The first-order valence-electron chi connectivity index (χ1n) is 3.82. The summed E-state index contributed by atoms with van der Waals surface area (Å²) in [5.41, 5.74) is 0.762. The van der Waals surface area contributed by atoms with Crippen molar-refractivity contribution in [1.29, 1.82) is 0 Å². The zero-order chi connectivity index (χ0) is 10.1. The normalized spacial score (nSPS) is 10.4. The highest BCUT2D eigenvalue weighted by Gasteiger charge is 2.14. The Hall–Kier alpha value is -1.43. The molecule has 0 unspecified atom stereocenters. The Kier molecular flexibility index (Phi) is 2.20. The highest BCUT2D eigenvalue weighted by Crippen LogP contribution is 2.16. The second kappa shape index (κ2) is 3.38. The van der Waals surface area contributed by atoms with E-state index in [1.54, 1.807) is 13.1 Å². The molecule has 14 heavy (non-hydrogen) atoms. The third-order valence-electron chi connectivity index (χ3n) is 1.66. The fourth-order valence-corrected chi connectivity index (χ4v) is 1.37. The number of ketones is 1. The van der Waals surface area contributed by atoms with E-state index >= 15 is 0 Å². The Bertz CT molecular complexity index is 432. The quantitative estimate of drug-likeness (QED) is 0.762. The average molecular weight is 256 g/mol. The number of hydrogen-bond acceptors (Lipinski definition) is 4. The third kappa shape index (κ3) is 1.60. The largest absolute Gasteiger partial charge is 0.457 e. The molecule has 0 saturated heterocycles. The maximum absolute atomic E-state index is 11.7. The van der Waals surface area contributed by atoms with E-state index in [0.29, 0.717) is 15.9 Å². The topological polar surface area (TPSA) is 60.9 Å². The maximum Gasteiger partial charge on any atom is 0.218 e. The summed E-state index contributed by atoms with van der Waals surface area (Å²) in [6.07, 6.45) is 2.80. The van der Waals surface area contributed by atoms with Crippen LogP contribution in [0.1, 0.15) is 16.1 Å². The lowest BCUT2D eigenvalue weighted by molar-refractivity contribution is 0.103. The molecule has 0 saturated carbocycles. The Morgan fingerprint density at radius 3 is 2.93 bits per heavy atom. The average Bonchev–Trinajstić information content (AvgIpc) is 2.73. The second-order valence-corrected chi connectivity index (χ2v) is 3.47. The van der Waals surface area contributed by atoms with Crippen LogP contribution in [0.2, 0.25) is 0 Å². The van der Waals surface area contributed by atoms with Gasteiger partial charge in [-0.25, -0.2) is 0 Å². The molecule has 2 aromatic rings.